The van der Waals surface area contributed by atoms with Gasteiger partial charge in [0.1, 0.15) is 5.75 Å². The number of thiophene rings is 1. The normalized spacial score (nSPS) is 15.4. The van der Waals surface area contributed by atoms with E-state index < -0.39 is 0 Å². The monoisotopic (exact) mass is 470 g/mol. The Morgan fingerprint density at radius 2 is 2.19 bits per heavy atom. The number of hydrogen-bond acceptors (Lipinski definition) is 6. The molecule has 1 amide bonds. The van der Waals surface area contributed by atoms with Crippen LogP contribution < -0.4 is 4.74 Å². The fourth-order valence-electron chi connectivity index (χ4n) is 4.08. The van der Waals surface area contributed by atoms with Crippen molar-refractivity contribution in [1.29, 1.82) is 0 Å². The standard InChI is InChI=1S/C24H30N4O2S2/c1-5-16-9-10-20-18(11-16)13-21(32-20)23-25-26-24(28(23)3)31-15-22(29)27(2)14-17-7-6-8-19(12-17)30-4/h6-8,12-13,16H,5,9-11,14-15H2,1-4H3. The molecule has 4 rings (SSSR count). The maximum Gasteiger partial charge on any atom is 0.233 e. The van der Waals surface area contributed by atoms with Crippen molar-refractivity contribution in [1.82, 2.24) is 19.7 Å². The molecule has 1 atom stereocenters. The van der Waals surface area contributed by atoms with Gasteiger partial charge in [-0.05, 0) is 54.5 Å². The predicted molar refractivity (Wildman–Crippen MR) is 130 cm³/mol. The van der Waals surface area contributed by atoms with Crippen LogP contribution in [0.3, 0.4) is 0 Å². The highest BCUT2D eigenvalue weighted by atomic mass is 32.2. The molecule has 0 bridgehead atoms. The Hall–Kier alpha value is -2.32. The summed E-state index contributed by atoms with van der Waals surface area (Å²) >= 11 is 3.28. The maximum absolute atomic E-state index is 12.7. The molecule has 8 heteroatoms. The van der Waals surface area contributed by atoms with Crippen LogP contribution in [0, 0.1) is 5.92 Å². The van der Waals surface area contributed by atoms with Crippen molar-refractivity contribution >= 4 is 29.0 Å². The van der Waals surface area contributed by atoms with Crippen molar-refractivity contribution < 1.29 is 9.53 Å². The summed E-state index contributed by atoms with van der Waals surface area (Å²) in [7, 11) is 5.45. The van der Waals surface area contributed by atoms with E-state index >= 15 is 0 Å². The van der Waals surface area contributed by atoms with Gasteiger partial charge in [-0.25, -0.2) is 0 Å². The van der Waals surface area contributed by atoms with Crippen LogP contribution >= 0.6 is 23.1 Å². The highest BCUT2D eigenvalue weighted by molar-refractivity contribution is 7.99. The highest BCUT2D eigenvalue weighted by Crippen LogP contribution is 2.38. The molecule has 0 saturated carbocycles. The van der Waals surface area contributed by atoms with Crippen LogP contribution in [0.1, 0.15) is 35.8 Å². The van der Waals surface area contributed by atoms with E-state index in [2.05, 4.69) is 23.2 Å². The Bertz CT molecular complexity index is 1090. The number of aromatic nitrogens is 3. The van der Waals surface area contributed by atoms with E-state index in [1.165, 1.54) is 52.8 Å². The summed E-state index contributed by atoms with van der Waals surface area (Å²) in [6.07, 6.45) is 4.88. The fraction of sp³-hybridized carbons (Fsp3) is 0.458. The number of fused-ring (bicyclic) bond motifs is 1. The highest BCUT2D eigenvalue weighted by Gasteiger charge is 2.23. The number of aryl methyl sites for hydroxylation is 1. The van der Waals surface area contributed by atoms with E-state index in [0.29, 0.717) is 12.3 Å². The summed E-state index contributed by atoms with van der Waals surface area (Å²) in [5, 5.41) is 9.57. The first kappa shape index (κ1) is 22.9. The number of amides is 1. The van der Waals surface area contributed by atoms with Gasteiger partial charge >= 0.3 is 0 Å². The molecule has 0 N–H and O–H groups in total. The van der Waals surface area contributed by atoms with Gasteiger partial charge in [0.25, 0.3) is 0 Å². The fourth-order valence-corrected chi connectivity index (χ4v) is 6.16. The van der Waals surface area contributed by atoms with Crippen LogP contribution in [-0.4, -0.2) is 45.5 Å². The van der Waals surface area contributed by atoms with Crippen LogP contribution in [0.25, 0.3) is 10.7 Å². The van der Waals surface area contributed by atoms with Crippen molar-refractivity contribution in [3.63, 3.8) is 0 Å². The molecule has 6 nitrogen and oxygen atoms in total. The van der Waals surface area contributed by atoms with Crippen LogP contribution in [-0.2, 0) is 31.2 Å². The molecule has 32 heavy (non-hydrogen) atoms. The van der Waals surface area contributed by atoms with E-state index in [4.69, 9.17) is 4.74 Å². The molecule has 1 aliphatic rings. The summed E-state index contributed by atoms with van der Waals surface area (Å²) in [4.78, 5) is 17.1. The van der Waals surface area contributed by atoms with E-state index in [1.54, 1.807) is 12.0 Å². The second kappa shape index (κ2) is 10.1. The molecule has 170 valence electrons. The van der Waals surface area contributed by atoms with Gasteiger partial charge in [0.15, 0.2) is 11.0 Å². The second-order valence-corrected chi connectivity index (χ2v) is 10.4. The molecular weight excluding hydrogens is 440 g/mol. The van der Waals surface area contributed by atoms with E-state index in [1.807, 2.05) is 54.3 Å². The van der Waals surface area contributed by atoms with Crippen LogP contribution in [0.4, 0.5) is 0 Å². The molecule has 1 unspecified atom stereocenters. The summed E-state index contributed by atoms with van der Waals surface area (Å²) < 4.78 is 7.28. The zero-order valence-corrected chi connectivity index (χ0v) is 20.8. The van der Waals surface area contributed by atoms with E-state index in [0.717, 1.165) is 28.2 Å². The zero-order valence-electron chi connectivity index (χ0n) is 19.1. The van der Waals surface area contributed by atoms with Gasteiger partial charge in [-0.2, -0.15) is 0 Å². The second-order valence-electron chi connectivity index (χ2n) is 8.33. The van der Waals surface area contributed by atoms with Crippen molar-refractivity contribution in [2.24, 2.45) is 13.0 Å². The number of ether oxygens (including phenoxy) is 1. The van der Waals surface area contributed by atoms with Gasteiger partial charge in [-0.15, -0.1) is 21.5 Å². The lowest BCUT2D eigenvalue weighted by Crippen LogP contribution is -2.27. The minimum absolute atomic E-state index is 0.0552. The van der Waals surface area contributed by atoms with Crippen molar-refractivity contribution in [2.45, 2.75) is 44.3 Å². The SMILES string of the molecule is CCC1CCc2sc(-c3nnc(SCC(=O)N(C)Cc4cccc(OC)c4)n3C)cc2C1. The van der Waals surface area contributed by atoms with Gasteiger partial charge in [0.05, 0.1) is 17.7 Å². The number of benzene rings is 1. The minimum Gasteiger partial charge on any atom is -0.497 e. The lowest BCUT2D eigenvalue weighted by molar-refractivity contribution is -0.127. The number of rotatable bonds is 8. The molecule has 0 radical (unpaired) electrons. The van der Waals surface area contributed by atoms with Crippen LogP contribution in [0.5, 0.6) is 5.75 Å². The Morgan fingerprint density at radius 1 is 1.34 bits per heavy atom. The van der Waals surface area contributed by atoms with E-state index in [9.17, 15) is 4.79 Å². The Morgan fingerprint density at radius 3 is 2.97 bits per heavy atom. The first-order chi connectivity index (χ1) is 15.5. The molecule has 3 aromatic rings. The third-order valence-corrected chi connectivity index (χ3v) is 8.36. The maximum atomic E-state index is 12.7. The largest absolute Gasteiger partial charge is 0.497 e. The average Bonchev–Trinajstić information content (AvgIpc) is 3.39. The number of hydrogen-bond donors (Lipinski definition) is 0. The molecule has 1 aliphatic carbocycles. The predicted octanol–water partition coefficient (Wildman–Crippen LogP) is 4.82. The summed E-state index contributed by atoms with van der Waals surface area (Å²) in [5.41, 5.74) is 2.52. The summed E-state index contributed by atoms with van der Waals surface area (Å²) in [5.74, 6) is 2.86. The van der Waals surface area contributed by atoms with Gasteiger partial charge in [0.2, 0.25) is 5.91 Å². The summed E-state index contributed by atoms with van der Waals surface area (Å²) in [6, 6.07) is 10.1. The number of methoxy groups -OCH3 is 1. The van der Waals surface area contributed by atoms with Gasteiger partial charge in [-0.3, -0.25) is 4.79 Å². The number of carbonyl (C=O) groups excluding carboxylic acids is 1. The summed E-state index contributed by atoms with van der Waals surface area (Å²) in [6.45, 7) is 2.82. The zero-order chi connectivity index (χ0) is 22.7. The number of thioether (sulfide) groups is 1. The minimum atomic E-state index is 0.0552. The molecule has 0 saturated heterocycles. The third-order valence-electron chi connectivity index (χ3n) is 6.12. The lowest BCUT2D eigenvalue weighted by atomic mass is 9.87. The van der Waals surface area contributed by atoms with E-state index in [-0.39, 0.29) is 5.91 Å². The quantitative estimate of drug-likeness (QED) is 0.442. The molecule has 2 heterocycles. The van der Waals surface area contributed by atoms with Crippen molar-refractivity contribution in [3.05, 3.63) is 46.3 Å². The Labute approximate surface area is 198 Å². The molecule has 2 aromatic heterocycles. The molecule has 0 spiro atoms. The Kier molecular flexibility index (Phi) is 7.20. The van der Waals surface area contributed by atoms with Gasteiger partial charge in [0, 0.05) is 25.5 Å². The van der Waals surface area contributed by atoms with Crippen molar-refractivity contribution in [3.8, 4) is 16.5 Å². The molecular formula is C24H30N4O2S2. The van der Waals surface area contributed by atoms with Gasteiger partial charge < -0.3 is 14.2 Å². The van der Waals surface area contributed by atoms with Crippen LogP contribution in [0.2, 0.25) is 0 Å². The first-order valence-electron chi connectivity index (χ1n) is 11.0. The van der Waals surface area contributed by atoms with Gasteiger partial charge in [-0.1, -0.05) is 37.2 Å². The number of nitrogens with zero attached hydrogens (tertiary/aromatic N) is 4. The third kappa shape index (κ3) is 5.02. The average molecular weight is 471 g/mol. The molecule has 1 aromatic carbocycles. The smallest absolute Gasteiger partial charge is 0.233 e. The lowest BCUT2D eigenvalue weighted by Gasteiger charge is -2.19. The molecule has 0 aliphatic heterocycles. The molecule has 0 fully saturated rings. The first-order valence-corrected chi connectivity index (χ1v) is 12.8. The van der Waals surface area contributed by atoms with Crippen molar-refractivity contribution in [2.75, 3.05) is 19.9 Å². The Balaban J connectivity index is 1.38. The number of carbonyl (C=O) groups is 1. The van der Waals surface area contributed by atoms with Crippen LogP contribution in [0.15, 0.2) is 35.5 Å². The topological polar surface area (TPSA) is 60.3 Å².